The Morgan fingerprint density at radius 3 is 2.66 bits per heavy atom. The molecule has 0 radical (unpaired) electrons. The minimum Gasteiger partial charge on any atom is -0.379 e. The molecule has 0 unspecified atom stereocenters. The molecule has 2 amide bonds. The van der Waals surface area contributed by atoms with Crippen LogP contribution >= 0.6 is 11.6 Å². The molecule has 0 spiro atoms. The zero-order chi connectivity index (χ0) is 20.6. The van der Waals surface area contributed by atoms with Crippen molar-refractivity contribution in [3.8, 4) is 0 Å². The number of morpholine rings is 1. The summed E-state index contributed by atoms with van der Waals surface area (Å²) in [6.45, 7) is 6.56. The fourth-order valence-corrected chi connectivity index (χ4v) is 3.35. The van der Waals surface area contributed by atoms with Crippen molar-refractivity contribution in [2.45, 2.75) is 19.9 Å². The molecule has 1 heterocycles. The molecule has 1 fully saturated rings. The molecule has 1 saturated heterocycles. The maximum Gasteiger partial charge on any atom is 0.255 e. The van der Waals surface area contributed by atoms with Crippen molar-refractivity contribution in [1.82, 2.24) is 10.2 Å². The maximum absolute atomic E-state index is 12.8. The van der Waals surface area contributed by atoms with Crippen molar-refractivity contribution in [2.75, 3.05) is 38.2 Å². The number of benzene rings is 2. The zero-order valence-electron chi connectivity index (χ0n) is 16.5. The second-order valence-electron chi connectivity index (χ2n) is 6.99. The lowest BCUT2D eigenvalue weighted by Crippen LogP contribution is -2.35. The van der Waals surface area contributed by atoms with Gasteiger partial charge in [0.15, 0.2) is 0 Å². The summed E-state index contributed by atoms with van der Waals surface area (Å²) in [6.07, 6.45) is 0.830. The van der Waals surface area contributed by atoms with Crippen LogP contribution in [0.1, 0.15) is 39.6 Å². The van der Waals surface area contributed by atoms with Crippen LogP contribution in [0.3, 0.4) is 0 Å². The second-order valence-corrected chi connectivity index (χ2v) is 7.43. The number of carbonyl (C=O) groups excluding carboxylic acids is 2. The lowest BCUT2D eigenvalue weighted by Gasteiger charge is -2.26. The Labute approximate surface area is 176 Å². The molecule has 0 aromatic heterocycles. The number of hydrogen-bond donors (Lipinski definition) is 2. The largest absolute Gasteiger partial charge is 0.379 e. The van der Waals surface area contributed by atoms with Gasteiger partial charge in [0.25, 0.3) is 11.8 Å². The van der Waals surface area contributed by atoms with E-state index in [1.54, 1.807) is 24.3 Å². The SMILES string of the molecule is CCCNC(=O)c1ccc(Cl)cc1NC(=O)c1cccc(CN2CCOCC2)c1. The zero-order valence-corrected chi connectivity index (χ0v) is 17.3. The van der Waals surface area contributed by atoms with Crippen LogP contribution in [0.15, 0.2) is 42.5 Å². The number of ether oxygens (including phenoxy) is 1. The summed E-state index contributed by atoms with van der Waals surface area (Å²) in [5.41, 5.74) is 2.39. The van der Waals surface area contributed by atoms with E-state index in [1.807, 2.05) is 25.1 Å². The summed E-state index contributed by atoms with van der Waals surface area (Å²) < 4.78 is 5.38. The van der Waals surface area contributed by atoms with Crippen molar-refractivity contribution >= 4 is 29.1 Å². The number of carbonyl (C=O) groups is 2. The molecule has 2 aromatic rings. The van der Waals surface area contributed by atoms with Gasteiger partial charge in [-0.1, -0.05) is 30.7 Å². The summed E-state index contributed by atoms with van der Waals surface area (Å²) >= 11 is 6.09. The van der Waals surface area contributed by atoms with Gasteiger partial charge in [0.05, 0.1) is 24.5 Å². The van der Waals surface area contributed by atoms with Crippen molar-refractivity contribution in [3.63, 3.8) is 0 Å². The number of rotatable bonds is 7. The predicted molar refractivity (Wildman–Crippen MR) is 115 cm³/mol. The van der Waals surface area contributed by atoms with E-state index >= 15 is 0 Å². The van der Waals surface area contributed by atoms with E-state index < -0.39 is 0 Å². The first-order chi connectivity index (χ1) is 14.1. The number of halogens is 1. The van der Waals surface area contributed by atoms with E-state index in [-0.39, 0.29) is 11.8 Å². The van der Waals surface area contributed by atoms with Crippen LogP contribution in [0.2, 0.25) is 5.02 Å². The Hall–Kier alpha value is -2.41. The molecule has 154 valence electrons. The molecule has 0 bridgehead atoms. The third-order valence-corrected chi connectivity index (χ3v) is 4.94. The Morgan fingerprint density at radius 2 is 1.90 bits per heavy atom. The van der Waals surface area contributed by atoms with Crippen LogP contribution in [0, 0.1) is 0 Å². The Bertz CT molecular complexity index is 866. The van der Waals surface area contributed by atoms with E-state index in [1.165, 1.54) is 0 Å². The number of amides is 2. The van der Waals surface area contributed by atoms with Gasteiger partial charge in [-0.05, 0) is 42.3 Å². The average molecular weight is 416 g/mol. The normalized spacial score (nSPS) is 14.4. The molecule has 29 heavy (non-hydrogen) atoms. The lowest BCUT2D eigenvalue weighted by atomic mass is 10.1. The van der Waals surface area contributed by atoms with Gasteiger partial charge < -0.3 is 15.4 Å². The van der Waals surface area contributed by atoms with Gasteiger partial charge in [0.1, 0.15) is 0 Å². The first kappa shape index (κ1) is 21.3. The van der Waals surface area contributed by atoms with E-state index in [4.69, 9.17) is 16.3 Å². The molecule has 7 heteroatoms. The fourth-order valence-electron chi connectivity index (χ4n) is 3.17. The summed E-state index contributed by atoms with van der Waals surface area (Å²) in [6, 6.07) is 12.4. The van der Waals surface area contributed by atoms with Crippen LogP contribution < -0.4 is 10.6 Å². The maximum atomic E-state index is 12.8. The third kappa shape index (κ3) is 6.03. The van der Waals surface area contributed by atoms with Crippen molar-refractivity contribution < 1.29 is 14.3 Å². The van der Waals surface area contributed by atoms with Crippen LogP contribution in [0.4, 0.5) is 5.69 Å². The Balaban J connectivity index is 1.73. The standard InChI is InChI=1S/C22H26ClN3O3/c1-2-8-24-22(28)19-7-6-18(23)14-20(19)25-21(27)17-5-3-4-16(13-17)15-26-9-11-29-12-10-26/h3-7,13-14H,2,8-12,15H2,1H3,(H,24,28)(H,25,27). The molecule has 6 nitrogen and oxygen atoms in total. The summed E-state index contributed by atoms with van der Waals surface area (Å²) in [4.78, 5) is 27.5. The summed E-state index contributed by atoms with van der Waals surface area (Å²) in [5.74, 6) is -0.513. The predicted octanol–water partition coefficient (Wildman–Crippen LogP) is 3.56. The first-order valence-electron chi connectivity index (χ1n) is 9.85. The van der Waals surface area contributed by atoms with E-state index in [2.05, 4.69) is 15.5 Å². The smallest absolute Gasteiger partial charge is 0.255 e. The highest BCUT2D eigenvalue weighted by atomic mass is 35.5. The average Bonchev–Trinajstić information content (AvgIpc) is 2.73. The number of hydrogen-bond acceptors (Lipinski definition) is 4. The molecular formula is C22H26ClN3O3. The lowest BCUT2D eigenvalue weighted by molar-refractivity contribution is 0.0342. The highest BCUT2D eigenvalue weighted by molar-refractivity contribution is 6.31. The van der Waals surface area contributed by atoms with Crippen molar-refractivity contribution in [2.24, 2.45) is 0 Å². The monoisotopic (exact) mass is 415 g/mol. The van der Waals surface area contributed by atoms with Crippen molar-refractivity contribution in [3.05, 3.63) is 64.2 Å². The second kappa shape index (κ2) is 10.4. The van der Waals surface area contributed by atoms with Crippen LogP contribution in [-0.4, -0.2) is 49.6 Å². The molecule has 2 N–H and O–H groups in total. The van der Waals surface area contributed by atoms with Crippen molar-refractivity contribution in [1.29, 1.82) is 0 Å². The van der Waals surface area contributed by atoms with E-state index in [9.17, 15) is 9.59 Å². The van der Waals surface area contributed by atoms with Gasteiger partial charge in [-0.3, -0.25) is 14.5 Å². The fraction of sp³-hybridized carbons (Fsp3) is 0.364. The van der Waals surface area contributed by atoms with Gasteiger partial charge >= 0.3 is 0 Å². The molecule has 1 aliphatic heterocycles. The molecule has 2 aromatic carbocycles. The van der Waals surface area contributed by atoms with E-state index in [0.717, 1.165) is 44.8 Å². The highest BCUT2D eigenvalue weighted by Gasteiger charge is 2.16. The van der Waals surface area contributed by atoms with Gasteiger partial charge in [-0.25, -0.2) is 0 Å². The molecule has 0 atom stereocenters. The van der Waals surface area contributed by atoms with Gasteiger partial charge in [0, 0.05) is 36.8 Å². The van der Waals surface area contributed by atoms with Crippen LogP contribution in [-0.2, 0) is 11.3 Å². The molecule has 1 aliphatic rings. The number of nitrogens with zero attached hydrogens (tertiary/aromatic N) is 1. The molecular weight excluding hydrogens is 390 g/mol. The van der Waals surface area contributed by atoms with Crippen LogP contribution in [0.5, 0.6) is 0 Å². The van der Waals surface area contributed by atoms with E-state index in [0.29, 0.717) is 28.4 Å². The third-order valence-electron chi connectivity index (χ3n) is 4.71. The first-order valence-corrected chi connectivity index (χ1v) is 10.2. The number of nitrogens with one attached hydrogen (secondary N) is 2. The van der Waals surface area contributed by atoms with Gasteiger partial charge in [0.2, 0.25) is 0 Å². The van der Waals surface area contributed by atoms with Gasteiger partial charge in [-0.2, -0.15) is 0 Å². The number of anilines is 1. The Kier molecular flexibility index (Phi) is 7.63. The minimum absolute atomic E-state index is 0.236. The van der Waals surface area contributed by atoms with Gasteiger partial charge in [-0.15, -0.1) is 0 Å². The molecule has 0 aliphatic carbocycles. The quantitative estimate of drug-likeness (QED) is 0.725. The Morgan fingerprint density at radius 1 is 1.10 bits per heavy atom. The minimum atomic E-state index is -0.277. The molecule has 0 saturated carbocycles. The molecule has 3 rings (SSSR count). The van der Waals surface area contributed by atoms with Crippen LogP contribution in [0.25, 0.3) is 0 Å². The summed E-state index contributed by atoms with van der Waals surface area (Å²) in [7, 11) is 0. The topological polar surface area (TPSA) is 70.7 Å². The highest BCUT2D eigenvalue weighted by Crippen LogP contribution is 2.22. The summed E-state index contributed by atoms with van der Waals surface area (Å²) in [5, 5.41) is 6.12.